The molecule has 9 nitrogen and oxygen atoms in total. The standard InChI is InChI=1S/C24H28N4O5S/c1-31-18-13-16(14-19(32-2)22(18)33-3)26-24-27-17-8-7-15(12-20(17)34-24)23(30)25-9-5-11-28-10-4-6-21(28)29/h7-8,12-14H,4-6,9-11H2,1-3H3,(H,25,30)(H,26,27). The minimum absolute atomic E-state index is 0.137. The van der Waals surface area contributed by atoms with Gasteiger partial charge in [0.1, 0.15) is 0 Å². The van der Waals surface area contributed by atoms with Crippen LogP contribution in [-0.2, 0) is 4.79 Å². The van der Waals surface area contributed by atoms with Gasteiger partial charge in [0.05, 0.1) is 31.5 Å². The first-order valence-corrected chi connectivity index (χ1v) is 11.9. The number of anilines is 2. The number of fused-ring (bicyclic) bond motifs is 1. The Morgan fingerprint density at radius 1 is 1.12 bits per heavy atom. The molecular weight excluding hydrogens is 456 g/mol. The molecule has 4 rings (SSSR count). The van der Waals surface area contributed by atoms with Crippen molar-refractivity contribution in [2.75, 3.05) is 46.3 Å². The number of thiazole rings is 1. The predicted octanol–water partition coefficient (Wildman–Crippen LogP) is 3.81. The second-order valence-corrected chi connectivity index (χ2v) is 8.86. The summed E-state index contributed by atoms with van der Waals surface area (Å²) < 4.78 is 17.1. The van der Waals surface area contributed by atoms with Gasteiger partial charge in [-0.2, -0.15) is 0 Å². The highest BCUT2D eigenvalue weighted by atomic mass is 32.1. The molecule has 0 bridgehead atoms. The van der Waals surface area contributed by atoms with Crippen molar-refractivity contribution >= 4 is 44.2 Å². The summed E-state index contributed by atoms with van der Waals surface area (Å²) in [6, 6.07) is 9.06. The molecule has 1 fully saturated rings. The third-order valence-corrected chi connectivity index (χ3v) is 6.56. The van der Waals surface area contributed by atoms with Gasteiger partial charge in [-0.3, -0.25) is 9.59 Å². The molecular formula is C24H28N4O5S. The van der Waals surface area contributed by atoms with Crippen molar-refractivity contribution in [3.63, 3.8) is 0 Å². The van der Waals surface area contributed by atoms with Crippen molar-refractivity contribution in [2.24, 2.45) is 0 Å². The summed E-state index contributed by atoms with van der Waals surface area (Å²) in [4.78, 5) is 30.7. The molecule has 10 heteroatoms. The summed E-state index contributed by atoms with van der Waals surface area (Å²) in [5.41, 5.74) is 2.11. The molecule has 0 atom stereocenters. The van der Waals surface area contributed by atoms with E-state index >= 15 is 0 Å². The molecule has 0 saturated carbocycles. The van der Waals surface area contributed by atoms with Crippen LogP contribution in [0.25, 0.3) is 10.2 Å². The molecule has 34 heavy (non-hydrogen) atoms. The van der Waals surface area contributed by atoms with Crippen LogP contribution in [-0.4, -0.2) is 62.7 Å². The Balaban J connectivity index is 1.41. The van der Waals surface area contributed by atoms with Crippen molar-refractivity contribution in [3.05, 3.63) is 35.9 Å². The average Bonchev–Trinajstić information content (AvgIpc) is 3.45. The van der Waals surface area contributed by atoms with Crippen molar-refractivity contribution in [1.29, 1.82) is 0 Å². The topological polar surface area (TPSA) is 102 Å². The van der Waals surface area contributed by atoms with Crippen LogP contribution in [0.2, 0.25) is 0 Å². The summed E-state index contributed by atoms with van der Waals surface area (Å²) in [5, 5.41) is 6.89. The number of hydrogen-bond acceptors (Lipinski definition) is 8. The van der Waals surface area contributed by atoms with Crippen molar-refractivity contribution in [2.45, 2.75) is 19.3 Å². The number of carbonyl (C=O) groups excluding carboxylic acids is 2. The van der Waals surface area contributed by atoms with E-state index < -0.39 is 0 Å². The highest BCUT2D eigenvalue weighted by molar-refractivity contribution is 7.22. The van der Waals surface area contributed by atoms with Crippen LogP contribution in [0.4, 0.5) is 10.8 Å². The maximum absolute atomic E-state index is 12.6. The van der Waals surface area contributed by atoms with Crippen molar-refractivity contribution < 1.29 is 23.8 Å². The Morgan fingerprint density at radius 3 is 2.53 bits per heavy atom. The van der Waals surface area contributed by atoms with Crippen LogP contribution in [0.15, 0.2) is 30.3 Å². The fourth-order valence-corrected chi connectivity index (χ4v) is 4.84. The molecule has 180 valence electrons. The molecule has 1 aliphatic rings. The molecule has 0 unspecified atom stereocenters. The Bertz CT molecular complexity index is 1170. The monoisotopic (exact) mass is 484 g/mol. The van der Waals surface area contributed by atoms with Gasteiger partial charge in [-0.05, 0) is 31.0 Å². The van der Waals surface area contributed by atoms with Gasteiger partial charge in [0.2, 0.25) is 11.7 Å². The minimum atomic E-state index is -0.137. The van der Waals surface area contributed by atoms with Crippen LogP contribution < -0.4 is 24.8 Å². The predicted molar refractivity (Wildman–Crippen MR) is 132 cm³/mol. The Hall–Kier alpha value is -3.53. The zero-order valence-electron chi connectivity index (χ0n) is 19.5. The Kier molecular flexibility index (Phi) is 7.36. The first kappa shape index (κ1) is 23.6. The number of aromatic nitrogens is 1. The smallest absolute Gasteiger partial charge is 0.251 e. The Morgan fingerprint density at radius 2 is 1.88 bits per heavy atom. The molecule has 0 spiro atoms. The van der Waals surface area contributed by atoms with Gasteiger partial charge in [0.15, 0.2) is 16.6 Å². The number of ether oxygens (including phenoxy) is 3. The number of likely N-dealkylation sites (tertiary alicyclic amines) is 1. The fraction of sp³-hybridized carbons (Fsp3) is 0.375. The molecule has 1 saturated heterocycles. The summed E-state index contributed by atoms with van der Waals surface area (Å²) >= 11 is 1.45. The molecule has 0 radical (unpaired) electrons. The van der Waals surface area contributed by atoms with E-state index in [9.17, 15) is 9.59 Å². The van der Waals surface area contributed by atoms with Gasteiger partial charge < -0.3 is 29.7 Å². The van der Waals surface area contributed by atoms with E-state index in [0.29, 0.717) is 47.5 Å². The second-order valence-electron chi connectivity index (χ2n) is 7.83. The molecule has 3 aromatic rings. The minimum Gasteiger partial charge on any atom is -0.493 e. The van der Waals surface area contributed by atoms with Crippen LogP contribution >= 0.6 is 11.3 Å². The number of rotatable bonds is 10. The third-order valence-electron chi connectivity index (χ3n) is 5.63. The summed E-state index contributed by atoms with van der Waals surface area (Å²) in [5.74, 6) is 1.67. The molecule has 0 aliphatic carbocycles. The van der Waals surface area contributed by atoms with E-state index in [1.54, 1.807) is 27.4 Å². The first-order chi connectivity index (χ1) is 16.5. The molecule has 2 aromatic carbocycles. The molecule has 2 N–H and O–H groups in total. The van der Waals surface area contributed by atoms with E-state index in [1.807, 2.05) is 29.2 Å². The SMILES string of the molecule is COc1cc(Nc2nc3ccc(C(=O)NCCCN4CCCC4=O)cc3s2)cc(OC)c1OC. The van der Waals surface area contributed by atoms with Crippen LogP contribution in [0.5, 0.6) is 17.2 Å². The van der Waals surface area contributed by atoms with Crippen LogP contribution in [0, 0.1) is 0 Å². The number of methoxy groups -OCH3 is 3. The lowest BCUT2D eigenvalue weighted by Crippen LogP contribution is -2.30. The van der Waals surface area contributed by atoms with Gasteiger partial charge >= 0.3 is 0 Å². The van der Waals surface area contributed by atoms with Gasteiger partial charge in [-0.25, -0.2) is 4.98 Å². The van der Waals surface area contributed by atoms with E-state index in [-0.39, 0.29) is 11.8 Å². The van der Waals surface area contributed by atoms with E-state index in [2.05, 4.69) is 15.6 Å². The second kappa shape index (κ2) is 10.6. The number of amides is 2. The molecule has 1 aromatic heterocycles. The lowest BCUT2D eigenvalue weighted by Gasteiger charge is -2.15. The summed E-state index contributed by atoms with van der Waals surface area (Å²) in [6.07, 6.45) is 2.30. The Labute approximate surface area is 202 Å². The van der Waals surface area contributed by atoms with E-state index in [0.717, 1.165) is 35.3 Å². The van der Waals surface area contributed by atoms with Gasteiger partial charge in [-0.15, -0.1) is 0 Å². The largest absolute Gasteiger partial charge is 0.493 e. The molecule has 2 heterocycles. The number of nitrogens with one attached hydrogen (secondary N) is 2. The first-order valence-electron chi connectivity index (χ1n) is 11.1. The van der Waals surface area contributed by atoms with E-state index in [1.165, 1.54) is 11.3 Å². The molecule has 2 amide bonds. The number of hydrogen-bond donors (Lipinski definition) is 2. The van der Waals surface area contributed by atoms with Gasteiger partial charge in [0.25, 0.3) is 5.91 Å². The lowest BCUT2D eigenvalue weighted by atomic mass is 10.2. The maximum atomic E-state index is 12.6. The quantitative estimate of drug-likeness (QED) is 0.422. The summed E-state index contributed by atoms with van der Waals surface area (Å²) in [7, 11) is 4.69. The number of benzene rings is 2. The van der Waals surface area contributed by atoms with Crippen LogP contribution in [0.3, 0.4) is 0 Å². The van der Waals surface area contributed by atoms with Crippen molar-refractivity contribution in [3.8, 4) is 17.2 Å². The lowest BCUT2D eigenvalue weighted by molar-refractivity contribution is -0.127. The highest BCUT2D eigenvalue weighted by Gasteiger charge is 2.19. The van der Waals surface area contributed by atoms with Crippen molar-refractivity contribution in [1.82, 2.24) is 15.2 Å². The maximum Gasteiger partial charge on any atom is 0.251 e. The van der Waals surface area contributed by atoms with Gasteiger partial charge in [-0.1, -0.05) is 11.3 Å². The van der Waals surface area contributed by atoms with E-state index in [4.69, 9.17) is 14.2 Å². The van der Waals surface area contributed by atoms with Gasteiger partial charge in [0, 0.05) is 49.4 Å². The number of carbonyl (C=O) groups is 2. The third kappa shape index (κ3) is 5.17. The normalized spacial score (nSPS) is 13.3. The van der Waals surface area contributed by atoms with Crippen LogP contribution in [0.1, 0.15) is 29.6 Å². The zero-order valence-corrected chi connectivity index (χ0v) is 20.3. The number of nitrogens with zero attached hydrogens (tertiary/aromatic N) is 2. The summed E-state index contributed by atoms with van der Waals surface area (Å²) in [6.45, 7) is 2.03. The fourth-order valence-electron chi connectivity index (χ4n) is 3.91. The zero-order chi connectivity index (χ0) is 24.1. The molecule has 1 aliphatic heterocycles. The average molecular weight is 485 g/mol. The highest BCUT2D eigenvalue weighted by Crippen LogP contribution is 2.41.